The van der Waals surface area contributed by atoms with Crippen LogP contribution in [0.3, 0.4) is 0 Å². The van der Waals surface area contributed by atoms with Gasteiger partial charge in [0.1, 0.15) is 0 Å². The van der Waals surface area contributed by atoms with E-state index >= 15 is 0 Å². The van der Waals surface area contributed by atoms with Gasteiger partial charge in [0.05, 0.1) is 11.9 Å². The van der Waals surface area contributed by atoms with Crippen LogP contribution in [0.15, 0.2) is 42.5 Å². The zero-order valence-electron chi connectivity index (χ0n) is 14.4. The van der Waals surface area contributed by atoms with Gasteiger partial charge >= 0.3 is 0 Å². The van der Waals surface area contributed by atoms with Crippen LogP contribution in [0, 0.1) is 0 Å². The lowest BCUT2D eigenvalue weighted by molar-refractivity contribution is 0.0954. The molecule has 0 saturated heterocycles. The van der Waals surface area contributed by atoms with Crippen LogP contribution in [0.25, 0.3) is 0 Å². The maximum absolute atomic E-state index is 12.3. The summed E-state index contributed by atoms with van der Waals surface area (Å²) in [6.45, 7) is 0.950. The van der Waals surface area contributed by atoms with E-state index in [0.717, 1.165) is 17.5 Å². The summed E-state index contributed by atoms with van der Waals surface area (Å²) in [7, 11) is -3.27. The predicted molar refractivity (Wildman–Crippen MR) is 106 cm³/mol. The molecular formula is C18H22ClN3O3S. The Labute approximate surface area is 159 Å². The molecule has 0 spiro atoms. The van der Waals surface area contributed by atoms with Gasteiger partial charge in [-0.25, -0.2) is 8.42 Å². The number of anilines is 2. The second kappa shape index (κ2) is 7.97. The SMILES string of the molecule is CS(=O)(=O)N1CCc2cc(C(=O)NCCc3ccc(N)cc3)ccc21.Cl. The van der Waals surface area contributed by atoms with Crippen molar-refractivity contribution < 1.29 is 13.2 Å². The number of nitrogen functional groups attached to an aromatic ring is 1. The first-order valence-electron chi connectivity index (χ1n) is 8.08. The molecule has 2 aromatic rings. The molecule has 0 saturated carbocycles. The Morgan fingerprint density at radius 1 is 1.19 bits per heavy atom. The standard InChI is InChI=1S/C18H21N3O3S.ClH/c1-25(23,24)21-11-9-14-12-15(4-7-17(14)21)18(22)20-10-8-13-2-5-16(19)6-3-13;/h2-7,12H,8-11,19H2,1H3,(H,20,22);1H. The summed E-state index contributed by atoms with van der Waals surface area (Å²) in [6.07, 6.45) is 2.54. The van der Waals surface area contributed by atoms with Gasteiger partial charge in [-0.05, 0) is 54.3 Å². The third-order valence-corrected chi connectivity index (χ3v) is 5.45. The number of hydrogen-bond donors (Lipinski definition) is 2. The fourth-order valence-corrected chi connectivity index (χ4v) is 3.92. The van der Waals surface area contributed by atoms with E-state index in [-0.39, 0.29) is 18.3 Å². The molecule has 3 rings (SSSR count). The molecule has 1 heterocycles. The lowest BCUT2D eigenvalue weighted by Crippen LogP contribution is -2.27. The van der Waals surface area contributed by atoms with Gasteiger partial charge in [-0.15, -0.1) is 12.4 Å². The molecule has 0 bridgehead atoms. The summed E-state index contributed by atoms with van der Waals surface area (Å²) in [5, 5.41) is 2.89. The van der Waals surface area contributed by atoms with Crippen LogP contribution < -0.4 is 15.4 Å². The lowest BCUT2D eigenvalue weighted by Gasteiger charge is -2.16. The summed E-state index contributed by atoms with van der Waals surface area (Å²) in [5.74, 6) is -0.156. The second-order valence-corrected chi connectivity index (χ2v) is 8.08. The number of benzene rings is 2. The molecule has 0 aliphatic carbocycles. The molecule has 1 amide bonds. The number of rotatable bonds is 5. The number of nitrogens with two attached hydrogens (primary N) is 1. The van der Waals surface area contributed by atoms with Gasteiger partial charge < -0.3 is 11.1 Å². The molecule has 0 aromatic heterocycles. The monoisotopic (exact) mass is 395 g/mol. The fourth-order valence-electron chi connectivity index (χ4n) is 2.96. The number of nitrogens with one attached hydrogen (secondary N) is 1. The normalized spacial score (nSPS) is 13.0. The van der Waals surface area contributed by atoms with Crippen LogP contribution in [-0.2, 0) is 22.9 Å². The zero-order chi connectivity index (χ0) is 18.0. The van der Waals surface area contributed by atoms with E-state index < -0.39 is 10.0 Å². The Hall–Kier alpha value is -2.25. The van der Waals surface area contributed by atoms with E-state index in [1.54, 1.807) is 18.2 Å². The molecule has 1 aliphatic heterocycles. The van der Waals surface area contributed by atoms with Crippen LogP contribution in [-0.4, -0.2) is 33.7 Å². The maximum Gasteiger partial charge on any atom is 0.251 e. The Morgan fingerprint density at radius 2 is 1.88 bits per heavy atom. The van der Waals surface area contributed by atoms with Crippen molar-refractivity contribution in [1.82, 2.24) is 5.32 Å². The maximum atomic E-state index is 12.3. The van der Waals surface area contributed by atoms with Crippen molar-refractivity contribution in [2.75, 3.05) is 29.4 Å². The van der Waals surface area contributed by atoms with E-state index in [9.17, 15) is 13.2 Å². The number of carbonyl (C=O) groups excluding carboxylic acids is 1. The van der Waals surface area contributed by atoms with Crippen LogP contribution >= 0.6 is 12.4 Å². The number of amides is 1. The predicted octanol–water partition coefficient (Wildman–Crippen LogP) is 1.99. The highest BCUT2D eigenvalue weighted by molar-refractivity contribution is 7.92. The summed E-state index contributed by atoms with van der Waals surface area (Å²) in [4.78, 5) is 12.3. The van der Waals surface area contributed by atoms with Gasteiger partial charge in [0.15, 0.2) is 0 Å². The molecular weight excluding hydrogens is 374 g/mol. The first kappa shape index (κ1) is 20.1. The van der Waals surface area contributed by atoms with Crippen molar-refractivity contribution in [3.63, 3.8) is 0 Å². The average Bonchev–Trinajstić information content (AvgIpc) is 3.00. The molecule has 0 radical (unpaired) electrons. The molecule has 6 nitrogen and oxygen atoms in total. The average molecular weight is 396 g/mol. The Balaban J connectivity index is 0.00000243. The number of sulfonamides is 1. The molecule has 2 aromatic carbocycles. The number of halogens is 1. The van der Waals surface area contributed by atoms with Crippen LogP contribution in [0.1, 0.15) is 21.5 Å². The second-order valence-electron chi connectivity index (χ2n) is 6.18. The minimum Gasteiger partial charge on any atom is -0.399 e. The van der Waals surface area contributed by atoms with Crippen LogP contribution in [0.2, 0.25) is 0 Å². The highest BCUT2D eigenvalue weighted by Crippen LogP contribution is 2.30. The van der Waals surface area contributed by atoms with E-state index in [1.165, 1.54) is 10.6 Å². The molecule has 0 atom stereocenters. The summed E-state index contributed by atoms with van der Waals surface area (Å²) >= 11 is 0. The first-order chi connectivity index (χ1) is 11.8. The third kappa shape index (κ3) is 4.47. The van der Waals surface area contributed by atoms with Crippen molar-refractivity contribution in [2.24, 2.45) is 0 Å². The van der Waals surface area contributed by atoms with Gasteiger partial charge in [-0.3, -0.25) is 9.10 Å². The molecule has 1 aliphatic rings. The smallest absolute Gasteiger partial charge is 0.251 e. The Bertz CT molecular complexity index is 898. The van der Waals surface area contributed by atoms with Gasteiger partial charge in [0, 0.05) is 24.3 Å². The largest absolute Gasteiger partial charge is 0.399 e. The topological polar surface area (TPSA) is 92.5 Å². The molecule has 26 heavy (non-hydrogen) atoms. The number of fused-ring (bicyclic) bond motifs is 1. The number of carbonyl (C=O) groups is 1. The Morgan fingerprint density at radius 3 is 2.54 bits per heavy atom. The minimum atomic E-state index is -3.27. The summed E-state index contributed by atoms with van der Waals surface area (Å²) in [6, 6.07) is 12.7. The number of hydrogen-bond acceptors (Lipinski definition) is 4. The zero-order valence-corrected chi connectivity index (χ0v) is 16.1. The fraction of sp³-hybridized carbons (Fsp3) is 0.278. The lowest BCUT2D eigenvalue weighted by atomic mass is 10.1. The highest BCUT2D eigenvalue weighted by Gasteiger charge is 2.26. The van der Waals surface area contributed by atoms with E-state index in [0.29, 0.717) is 36.4 Å². The van der Waals surface area contributed by atoms with E-state index in [2.05, 4.69) is 5.32 Å². The van der Waals surface area contributed by atoms with Crippen LogP contribution in [0.4, 0.5) is 11.4 Å². The summed E-state index contributed by atoms with van der Waals surface area (Å²) < 4.78 is 24.9. The van der Waals surface area contributed by atoms with Gasteiger partial charge in [0.2, 0.25) is 10.0 Å². The molecule has 140 valence electrons. The van der Waals surface area contributed by atoms with Gasteiger partial charge in [-0.1, -0.05) is 12.1 Å². The van der Waals surface area contributed by atoms with Crippen LogP contribution in [0.5, 0.6) is 0 Å². The van der Waals surface area contributed by atoms with Crippen molar-refractivity contribution in [3.05, 3.63) is 59.2 Å². The van der Waals surface area contributed by atoms with Crippen molar-refractivity contribution in [2.45, 2.75) is 12.8 Å². The number of nitrogens with zero attached hydrogens (tertiary/aromatic N) is 1. The molecule has 0 fully saturated rings. The molecule has 8 heteroatoms. The Kier molecular flexibility index (Phi) is 6.15. The highest BCUT2D eigenvalue weighted by atomic mass is 35.5. The minimum absolute atomic E-state index is 0. The first-order valence-corrected chi connectivity index (χ1v) is 9.93. The summed E-state index contributed by atoms with van der Waals surface area (Å²) in [5.41, 5.74) is 9.57. The van der Waals surface area contributed by atoms with E-state index in [1.807, 2.05) is 24.3 Å². The molecule has 0 unspecified atom stereocenters. The van der Waals surface area contributed by atoms with Crippen molar-refractivity contribution in [3.8, 4) is 0 Å². The van der Waals surface area contributed by atoms with Gasteiger partial charge in [-0.2, -0.15) is 0 Å². The quantitative estimate of drug-likeness (QED) is 0.757. The van der Waals surface area contributed by atoms with Crippen molar-refractivity contribution >= 4 is 39.7 Å². The van der Waals surface area contributed by atoms with E-state index in [4.69, 9.17) is 5.73 Å². The van der Waals surface area contributed by atoms with Gasteiger partial charge in [0.25, 0.3) is 5.91 Å². The third-order valence-electron chi connectivity index (χ3n) is 4.27. The molecule has 3 N–H and O–H groups in total. The van der Waals surface area contributed by atoms with Crippen molar-refractivity contribution in [1.29, 1.82) is 0 Å².